The average Bonchev–Trinajstić information content (AvgIpc) is 2.73. The molecule has 0 fully saturated rings. The molecule has 0 saturated carbocycles. The molecular weight excluding hydrogens is 380 g/mol. The first-order valence-electron chi connectivity index (χ1n) is 8.71. The van der Waals surface area contributed by atoms with Gasteiger partial charge < -0.3 is 4.74 Å². The summed E-state index contributed by atoms with van der Waals surface area (Å²) in [7, 11) is 2.96. The van der Waals surface area contributed by atoms with Gasteiger partial charge in [-0.1, -0.05) is 49.0 Å². The standard InChI is InChI=1S/C19H20N4O4S/c1-4-13-20-16-15(18(25)23(3)19(26)22(16)2)17(21-13)28-11-14(24)27-10-12-8-6-5-7-9-12/h5-9H,4,10-11H2,1-3H3. The van der Waals surface area contributed by atoms with Crippen molar-refractivity contribution < 1.29 is 9.53 Å². The molecule has 2 heterocycles. The third kappa shape index (κ3) is 3.99. The van der Waals surface area contributed by atoms with E-state index in [1.54, 1.807) is 7.05 Å². The van der Waals surface area contributed by atoms with E-state index in [4.69, 9.17) is 4.74 Å². The van der Waals surface area contributed by atoms with Crippen LogP contribution in [0.15, 0.2) is 44.9 Å². The lowest BCUT2D eigenvalue weighted by molar-refractivity contribution is -0.141. The number of thioether (sulfide) groups is 1. The van der Waals surface area contributed by atoms with Gasteiger partial charge in [-0.2, -0.15) is 0 Å². The summed E-state index contributed by atoms with van der Waals surface area (Å²) in [5, 5.41) is 0.595. The topological polar surface area (TPSA) is 96.1 Å². The van der Waals surface area contributed by atoms with Gasteiger partial charge in [0.25, 0.3) is 5.56 Å². The zero-order valence-electron chi connectivity index (χ0n) is 15.8. The molecule has 0 atom stereocenters. The first-order chi connectivity index (χ1) is 13.4. The van der Waals surface area contributed by atoms with E-state index in [-0.39, 0.29) is 23.4 Å². The summed E-state index contributed by atoms with van der Waals surface area (Å²) in [5.41, 5.74) is 0.211. The normalized spacial score (nSPS) is 11.0. The minimum Gasteiger partial charge on any atom is -0.460 e. The molecule has 0 amide bonds. The maximum atomic E-state index is 12.6. The van der Waals surface area contributed by atoms with E-state index < -0.39 is 17.2 Å². The fraction of sp³-hybridized carbons (Fsp3) is 0.316. The number of carbonyl (C=O) groups excluding carboxylic acids is 1. The number of aromatic nitrogens is 4. The number of fused-ring (bicyclic) bond motifs is 1. The van der Waals surface area contributed by atoms with Gasteiger partial charge in [-0.15, -0.1) is 0 Å². The highest BCUT2D eigenvalue weighted by molar-refractivity contribution is 8.00. The number of nitrogens with zero attached hydrogens (tertiary/aromatic N) is 4. The number of benzene rings is 1. The van der Waals surface area contributed by atoms with Crippen LogP contribution in [-0.2, 0) is 36.7 Å². The van der Waals surface area contributed by atoms with Crippen LogP contribution in [0.25, 0.3) is 11.0 Å². The summed E-state index contributed by atoms with van der Waals surface area (Å²) in [6, 6.07) is 9.38. The van der Waals surface area contributed by atoms with Crippen molar-refractivity contribution in [2.75, 3.05) is 5.75 Å². The number of carbonyl (C=O) groups is 1. The molecule has 3 aromatic rings. The van der Waals surface area contributed by atoms with Crippen molar-refractivity contribution in [2.24, 2.45) is 14.1 Å². The molecule has 0 aliphatic carbocycles. The third-order valence-corrected chi connectivity index (χ3v) is 5.15. The highest BCUT2D eigenvalue weighted by atomic mass is 32.2. The first kappa shape index (κ1) is 19.8. The van der Waals surface area contributed by atoms with Gasteiger partial charge in [0.2, 0.25) is 0 Å². The van der Waals surface area contributed by atoms with Crippen LogP contribution in [0.5, 0.6) is 0 Å². The highest BCUT2D eigenvalue weighted by Crippen LogP contribution is 2.22. The molecule has 9 heteroatoms. The van der Waals surface area contributed by atoms with Crippen LogP contribution in [0.1, 0.15) is 18.3 Å². The summed E-state index contributed by atoms with van der Waals surface area (Å²) in [6.45, 7) is 2.06. The quantitative estimate of drug-likeness (QED) is 0.351. The molecule has 28 heavy (non-hydrogen) atoms. The van der Waals surface area contributed by atoms with Crippen molar-refractivity contribution in [1.82, 2.24) is 19.1 Å². The Morgan fingerprint density at radius 1 is 1.11 bits per heavy atom. The predicted molar refractivity (Wildman–Crippen MR) is 106 cm³/mol. The Balaban J connectivity index is 1.87. The van der Waals surface area contributed by atoms with Crippen LogP contribution in [0, 0.1) is 0 Å². The van der Waals surface area contributed by atoms with Crippen LogP contribution >= 0.6 is 11.8 Å². The molecule has 0 radical (unpaired) electrons. The van der Waals surface area contributed by atoms with Gasteiger partial charge in [0, 0.05) is 20.5 Å². The number of ether oxygens (including phenoxy) is 1. The summed E-state index contributed by atoms with van der Waals surface area (Å²) in [6.07, 6.45) is 0.533. The zero-order chi connectivity index (χ0) is 20.3. The molecular formula is C19H20N4O4S. The summed E-state index contributed by atoms with van der Waals surface area (Å²) >= 11 is 1.11. The van der Waals surface area contributed by atoms with Gasteiger partial charge >= 0.3 is 11.7 Å². The second-order valence-corrected chi connectivity index (χ2v) is 7.10. The van der Waals surface area contributed by atoms with Crippen LogP contribution in [0.3, 0.4) is 0 Å². The maximum absolute atomic E-state index is 12.6. The molecule has 1 aromatic carbocycles. The number of aryl methyl sites for hydroxylation is 2. The van der Waals surface area contributed by atoms with E-state index in [9.17, 15) is 14.4 Å². The fourth-order valence-electron chi connectivity index (χ4n) is 2.64. The fourth-order valence-corrected chi connectivity index (χ4v) is 3.47. The van der Waals surface area contributed by atoms with Gasteiger partial charge in [-0.25, -0.2) is 14.8 Å². The SMILES string of the molecule is CCc1nc(SCC(=O)OCc2ccccc2)c2c(=O)n(C)c(=O)n(C)c2n1. The molecule has 146 valence electrons. The Labute approximate surface area is 165 Å². The monoisotopic (exact) mass is 400 g/mol. The van der Waals surface area contributed by atoms with Gasteiger partial charge in [-0.05, 0) is 5.56 Å². The molecule has 0 bridgehead atoms. The van der Waals surface area contributed by atoms with Crippen molar-refractivity contribution in [3.05, 3.63) is 62.6 Å². The Morgan fingerprint density at radius 3 is 2.50 bits per heavy atom. The van der Waals surface area contributed by atoms with Crippen molar-refractivity contribution in [2.45, 2.75) is 25.0 Å². The highest BCUT2D eigenvalue weighted by Gasteiger charge is 2.18. The molecule has 0 saturated heterocycles. The Morgan fingerprint density at radius 2 is 1.82 bits per heavy atom. The lowest BCUT2D eigenvalue weighted by Crippen LogP contribution is -2.37. The second-order valence-electron chi connectivity index (χ2n) is 6.14. The maximum Gasteiger partial charge on any atom is 0.332 e. The van der Waals surface area contributed by atoms with Gasteiger partial charge in [-0.3, -0.25) is 18.7 Å². The lowest BCUT2D eigenvalue weighted by Gasteiger charge is -2.11. The number of esters is 1. The summed E-state index contributed by atoms with van der Waals surface area (Å²) in [4.78, 5) is 45.7. The summed E-state index contributed by atoms with van der Waals surface area (Å²) < 4.78 is 7.60. The predicted octanol–water partition coefficient (Wildman–Crippen LogP) is 1.43. The van der Waals surface area contributed by atoms with Crippen LogP contribution < -0.4 is 11.2 Å². The van der Waals surface area contributed by atoms with E-state index in [2.05, 4.69) is 9.97 Å². The van der Waals surface area contributed by atoms with Crippen molar-refractivity contribution in [1.29, 1.82) is 0 Å². The summed E-state index contributed by atoms with van der Waals surface area (Å²) in [5.74, 6) is 0.0740. The smallest absolute Gasteiger partial charge is 0.332 e. The van der Waals surface area contributed by atoms with E-state index in [1.165, 1.54) is 11.6 Å². The Bertz CT molecular complexity index is 1140. The number of rotatable bonds is 6. The Kier molecular flexibility index (Phi) is 5.93. The van der Waals surface area contributed by atoms with E-state index >= 15 is 0 Å². The third-order valence-electron chi connectivity index (χ3n) is 4.20. The molecule has 0 spiro atoms. The molecule has 0 aliphatic rings. The van der Waals surface area contributed by atoms with Crippen LogP contribution in [-0.4, -0.2) is 30.8 Å². The van der Waals surface area contributed by atoms with Crippen molar-refractivity contribution in [3.8, 4) is 0 Å². The molecule has 2 aromatic heterocycles. The van der Waals surface area contributed by atoms with Crippen LogP contribution in [0.2, 0.25) is 0 Å². The second kappa shape index (κ2) is 8.39. The largest absolute Gasteiger partial charge is 0.460 e. The van der Waals surface area contributed by atoms with Gasteiger partial charge in [0.05, 0.1) is 5.75 Å². The van der Waals surface area contributed by atoms with Crippen molar-refractivity contribution >= 4 is 28.8 Å². The molecule has 0 N–H and O–H groups in total. The Hall–Kier alpha value is -2.94. The van der Waals surface area contributed by atoms with E-state index in [1.807, 2.05) is 37.3 Å². The molecule has 3 rings (SSSR count). The van der Waals surface area contributed by atoms with Gasteiger partial charge in [0.15, 0.2) is 5.65 Å². The van der Waals surface area contributed by atoms with Crippen molar-refractivity contribution in [3.63, 3.8) is 0 Å². The molecule has 0 unspecified atom stereocenters. The van der Waals surface area contributed by atoms with E-state index in [0.29, 0.717) is 17.3 Å². The first-order valence-corrected chi connectivity index (χ1v) is 9.70. The minimum atomic E-state index is -0.485. The lowest BCUT2D eigenvalue weighted by atomic mass is 10.2. The average molecular weight is 400 g/mol. The molecule has 8 nitrogen and oxygen atoms in total. The molecule has 0 aliphatic heterocycles. The zero-order valence-corrected chi connectivity index (χ0v) is 16.7. The van der Waals surface area contributed by atoms with Gasteiger partial charge in [0.1, 0.15) is 22.8 Å². The van der Waals surface area contributed by atoms with E-state index in [0.717, 1.165) is 21.9 Å². The minimum absolute atomic E-state index is 0.00586. The number of hydrogen-bond donors (Lipinski definition) is 0. The van der Waals surface area contributed by atoms with Crippen LogP contribution in [0.4, 0.5) is 0 Å². The number of hydrogen-bond acceptors (Lipinski definition) is 7.